The fourth-order valence-corrected chi connectivity index (χ4v) is 3.18. The summed E-state index contributed by atoms with van der Waals surface area (Å²) in [7, 11) is 2.89. The van der Waals surface area contributed by atoms with E-state index in [0.29, 0.717) is 17.1 Å². The number of carbonyl (C=O) groups excluding carboxylic acids is 2. The monoisotopic (exact) mass is 557 g/mol. The summed E-state index contributed by atoms with van der Waals surface area (Å²) < 4.78 is 22.1. The number of hydrogen-bond donors (Lipinski definition) is 1. The van der Waals surface area contributed by atoms with Crippen LogP contribution in [0.25, 0.3) is 0 Å². The van der Waals surface area contributed by atoms with E-state index in [1.807, 2.05) is 0 Å². The second kappa shape index (κ2) is 12.3. The lowest BCUT2D eigenvalue weighted by molar-refractivity contribution is -0.384. The summed E-state index contributed by atoms with van der Waals surface area (Å²) in [5, 5.41) is 14.6. The van der Waals surface area contributed by atoms with Gasteiger partial charge in [-0.25, -0.2) is 10.2 Å². The number of non-ortho nitro benzene ring substituents is 1. The molecular formula is C24H20BrN3O8. The van der Waals surface area contributed by atoms with Crippen molar-refractivity contribution >= 4 is 39.7 Å². The number of benzene rings is 3. The second-order valence-electron chi connectivity index (χ2n) is 6.98. The Bertz CT molecular complexity index is 1300. The quantitative estimate of drug-likeness (QED) is 0.129. The lowest BCUT2D eigenvalue weighted by atomic mass is 10.2. The molecule has 1 amide bonds. The molecule has 3 aromatic carbocycles. The van der Waals surface area contributed by atoms with Crippen LogP contribution in [0.15, 0.2) is 70.2 Å². The molecule has 3 aromatic rings. The summed E-state index contributed by atoms with van der Waals surface area (Å²) in [4.78, 5) is 34.6. The molecule has 0 aliphatic carbocycles. The average Bonchev–Trinajstić information content (AvgIpc) is 2.88. The number of amides is 1. The van der Waals surface area contributed by atoms with Gasteiger partial charge in [-0.1, -0.05) is 15.9 Å². The van der Waals surface area contributed by atoms with E-state index in [4.69, 9.17) is 18.9 Å². The molecule has 36 heavy (non-hydrogen) atoms. The van der Waals surface area contributed by atoms with Crippen LogP contribution in [0.4, 0.5) is 5.69 Å². The maximum absolute atomic E-state index is 12.4. The first-order chi connectivity index (χ1) is 17.3. The summed E-state index contributed by atoms with van der Waals surface area (Å²) in [6, 6.07) is 14.8. The smallest absolute Gasteiger partial charge is 0.343 e. The molecule has 3 rings (SSSR count). The number of nitro benzene ring substituents is 1. The van der Waals surface area contributed by atoms with Crippen LogP contribution in [-0.4, -0.2) is 43.8 Å². The predicted octanol–water partition coefficient (Wildman–Crippen LogP) is 4.12. The highest BCUT2D eigenvalue weighted by Gasteiger charge is 2.15. The normalized spacial score (nSPS) is 10.5. The van der Waals surface area contributed by atoms with Gasteiger partial charge in [0, 0.05) is 16.6 Å². The van der Waals surface area contributed by atoms with Crippen LogP contribution >= 0.6 is 15.9 Å². The zero-order valence-corrected chi connectivity index (χ0v) is 20.7. The number of carbonyl (C=O) groups is 2. The van der Waals surface area contributed by atoms with Crippen LogP contribution in [0.1, 0.15) is 15.9 Å². The van der Waals surface area contributed by atoms with E-state index < -0.39 is 16.8 Å². The molecule has 0 aliphatic heterocycles. The van der Waals surface area contributed by atoms with Gasteiger partial charge in [-0.05, 0) is 54.1 Å². The van der Waals surface area contributed by atoms with Gasteiger partial charge in [-0.3, -0.25) is 14.9 Å². The molecule has 11 nitrogen and oxygen atoms in total. The first-order valence-electron chi connectivity index (χ1n) is 10.2. The summed E-state index contributed by atoms with van der Waals surface area (Å²) in [5.74, 6) is 0.0618. The Balaban J connectivity index is 1.57. The third-order valence-corrected chi connectivity index (χ3v) is 5.08. The zero-order chi connectivity index (χ0) is 26.1. The van der Waals surface area contributed by atoms with E-state index in [-0.39, 0.29) is 29.4 Å². The minimum Gasteiger partial charge on any atom is -0.493 e. The maximum Gasteiger partial charge on any atom is 0.343 e. The Kier molecular flexibility index (Phi) is 8.95. The molecule has 0 aliphatic rings. The molecule has 0 aromatic heterocycles. The van der Waals surface area contributed by atoms with Gasteiger partial charge in [-0.2, -0.15) is 5.10 Å². The number of nitrogens with one attached hydrogen (secondary N) is 1. The highest BCUT2D eigenvalue weighted by atomic mass is 79.9. The fourth-order valence-electron chi connectivity index (χ4n) is 2.84. The van der Waals surface area contributed by atoms with Crippen molar-refractivity contribution in [2.75, 3.05) is 20.8 Å². The van der Waals surface area contributed by atoms with Gasteiger partial charge in [0.1, 0.15) is 0 Å². The number of esters is 1. The van der Waals surface area contributed by atoms with E-state index >= 15 is 0 Å². The van der Waals surface area contributed by atoms with Crippen LogP contribution < -0.4 is 24.4 Å². The Hall–Kier alpha value is -4.45. The van der Waals surface area contributed by atoms with E-state index in [2.05, 4.69) is 26.5 Å². The number of methoxy groups -OCH3 is 2. The minimum absolute atomic E-state index is 0.138. The van der Waals surface area contributed by atoms with E-state index in [9.17, 15) is 19.7 Å². The van der Waals surface area contributed by atoms with Gasteiger partial charge in [-0.15, -0.1) is 0 Å². The molecule has 0 radical (unpaired) electrons. The third-order valence-electron chi connectivity index (χ3n) is 4.59. The minimum atomic E-state index is -0.709. The molecule has 0 bridgehead atoms. The SMILES string of the molecule is COc1cc(Br)ccc1OCC(=O)N/N=C/c1ccc(OC(=O)c2ccc([N+](=O)[O-])cc2)c(OC)c1. The van der Waals surface area contributed by atoms with Gasteiger partial charge in [0.25, 0.3) is 11.6 Å². The van der Waals surface area contributed by atoms with Crippen molar-refractivity contribution in [2.24, 2.45) is 5.10 Å². The van der Waals surface area contributed by atoms with Crippen molar-refractivity contribution in [3.8, 4) is 23.0 Å². The summed E-state index contributed by atoms with van der Waals surface area (Å²) in [6.45, 7) is -0.282. The summed E-state index contributed by atoms with van der Waals surface area (Å²) >= 11 is 3.33. The Labute approximate surface area is 213 Å². The molecule has 186 valence electrons. The number of ether oxygens (including phenoxy) is 4. The highest BCUT2D eigenvalue weighted by molar-refractivity contribution is 9.10. The molecule has 0 spiro atoms. The lowest BCUT2D eigenvalue weighted by Crippen LogP contribution is -2.24. The highest BCUT2D eigenvalue weighted by Crippen LogP contribution is 2.30. The molecule has 0 unspecified atom stereocenters. The molecule has 0 saturated heterocycles. The average molecular weight is 558 g/mol. The summed E-state index contributed by atoms with van der Waals surface area (Å²) in [5.41, 5.74) is 2.90. The van der Waals surface area contributed by atoms with Crippen molar-refractivity contribution in [1.82, 2.24) is 5.43 Å². The standard InChI is InChI=1S/C24H20BrN3O8/c1-33-21-11-15(3-9-20(21)36-24(30)16-4-7-18(8-5-16)28(31)32)13-26-27-23(29)14-35-19-10-6-17(25)12-22(19)34-2/h3-13H,14H2,1-2H3,(H,27,29)/b26-13+. The third kappa shape index (κ3) is 7.03. The molecule has 12 heteroatoms. The van der Waals surface area contributed by atoms with Gasteiger partial charge in [0.15, 0.2) is 29.6 Å². The van der Waals surface area contributed by atoms with Gasteiger partial charge in [0.05, 0.1) is 30.9 Å². The molecular weight excluding hydrogens is 538 g/mol. The molecule has 0 saturated carbocycles. The molecule has 0 heterocycles. The first-order valence-corrected chi connectivity index (χ1v) is 11.0. The number of nitrogens with zero attached hydrogens (tertiary/aromatic N) is 2. The second-order valence-corrected chi connectivity index (χ2v) is 7.90. The van der Waals surface area contributed by atoms with Crippen molar-refractivity contribution in [3.63, 3.8) is 0 Å². The zero-order valence-electron chi connectivity index (χ0n) is 19.1. The van der Waals surface area contributed by atoms with Crippen LogP contribution in [0.3, 0.4) is 0 Å². The van der Waals surface area contributed by atoms with Crippen molar-refractivity contribution in [1.29, 1.82) is 0 Å². The van der Waals surface area contributed by atoms with Crippen LogP contribution in [0, 0.1) is 10.1 Å². The van der Waals surface area contributed by atoms with E-state index in [1.165, 1.54) is 50.8 Å². The summed E-state index contributed by atoms with van der Waals surface area (Å²) in [6.07, 6.45) is 1.38. The van der Waals surface area contributed by atoms with Crippen molar-refractivity contribution < 1.29 is 33.5 Å². The number of halogens is 1. The fraction of sp³-hybridized carbons (Fsp3) is 0.125. The van der Waals surface area contributed by atoms with Gasteiger partial charge >= 0.3 is 5.97 Å². The first kappa shape index (κ1) is 26.2. The number of hydrogen-bond acceptors (Lipinski definition) is 9. The van der Waals surface area contributed by atoms with Crippen LogP contribution in [-0.2, 0) is 4.79 Å². The van der Waals surface area contributed by atoms with Crippen LogP contribution in [0.5, 0.6) is 23.0 Å². The number of rotatable bonds is 10. The predicted molar refractivity (Wildman–Crippen MR) is 133 cm³/mol. The molecule has 0 fully saturated rings. The Morgan fingerprint density at radius 2 is 1.64 bits per heavy atom. The largest absolute Gasteiger partial charge is 0.493 e. The number of hydrazone groups is 1. The van der Waals surface area contributed by atoms with Gasteiger partial charge < -0.3 is 18.9 Å². The van der Waals surface area contributed by atoms with E-state index in [0.717, 1.165) is 4.47 Å². The Morgan fingerprint density at radius 3 is 2.31 bits per heavy atom. The Morgan fingerprint density at radius 1 is 0.972 bits per heavy atom. The molecule has 1 N–H and O–H groups in total. The van der Waals surface area contributed by atoms with Crippen LogP contribution in [0.2, 0.25) is 0 Å². The van der Waals surface area contributed by atoms with Crippen molar-refractivity contribution in [2.45, 2.75) is 0 Å². The lowest BCUT2D eigenvalue weighted by Gasteiger charge is -2.10. The van der Waals surface area contributed by atoms with Gasteiger partial charge in [0.2, 0.25) is 0 Å². The maximum atomic E-state index is 12.4. The molecule has 0 atom stereocenters. The van der Waals surface area contributed by atoms with E-state index in [1.54, 1.807) is 30.3 Å². The van der Waals surface area contributed by atoms with Crippen molar-refractivity contribution in [3.05, 3.63) is 86.4 Å². The number of nitro groups is 1. The topological polar surface area (TPSA) is 139 Å².